The largest absolute Gasteiger partial charge is 0.497 e. The van der Waals surface area contributed by atoms with Gasteiger partial charge in [0.25, 0.3) is 0 Å². The summed E-state index contributed by atoms with van der Waals surface area (Å²) in [5.41, 5.74) is 0.927. The van der Waals surface area contributed by atoms with E-state index in [-0.39, 0.29) is 23.4 Å². The molecule has 0 spiro atoms. The second kappa shape index (κ2) is 10.4. The van der Waals surface area contributed by atoms with E-state index in [1.807, 2.05) is 6.92 Å². The summed E-state index contributed by atoms with van der Waals surface area (Å²) in [4.78, 5) is 39.3. The van der Waals surface area contributed by atoms with Gasteiger partial charge in [-0.25, -0.2) is 0 Å². The molecule has 3 aromatic carbocycles. The van der Waals surface area contributed by atoms with Crippen molar-refractivity contribution in [2.75, 3.05) is 19.0 Å². The van der Waals surface area contributed by atoms with Crippen molar-refractivity contribution in [3.8, 4) is 11.5 Å². The van der Waals surface area contributed by atoms with E-state index in [1.54, 1.807) is 71.3 Å². The van der Waals surface area contributed by atoms with E-state index in [4.69, 9.17) is 21.1 Å². The number of carbonyl (C=O) groups is 2. The maximum absolute atomic E-state index is 13.3. The molecule has 0 saturated carbocycles. The average Bonchev–Trinajstić information content (AvgIpc) is 2.87. The molecule has 4 rings (SSSR count). The Balaban J connectivity index is 1.71. The summed E-state index contributed by atoms with van der Waals surface area (Å²) in [6, 6.07) is 18.3. The monoisotopic (exact) mass is 490 g/mol. The molecular weight excluding hydrogens is 468 g/mol. The number of nitrogens with one attached hydrogen (secondary N) is 1. The SMILES string of the molecule is CCOc1ccc(NC(=O)Cn2cc(C(=O)c3ccc(Cl)cc3)c(=O)c3cc(OC)ccc32)cc1. The Morgan fingerprint density at radius 2 is 1.66 bits per heavy atom. The first-order valence-corrected chi connectivity index (χ1v) is 11.3. The van der Waals surface area contributed by atoms with Gasteiger partial charge in [-0.3, -0.25) is 14.4 Å². The predicted molar refractivity (Wildman–Crippen MR) is 136 cm³/mol. The fourth-order valence-corrected chi connectivity index (χ4v) is 3.84. The van der Waals surface area contributed by atoms with E-state index in [9.17, 15) is 14.4 Å². The van der Waals surface area contributed by atoms with Gasteiger partial charge >= 0.3 is 0 Å². The van der Waals surface area contributed by atoms with E-state index >= 15 is 0 Å². The minimum Gasteiger partial charge on any atom is -0.497 e. The van der Waals surface area contributed by atoms with Gasteiger partial charge in [-0.2, -0.15) is 0 Å². The van der Waals surface area contributed by atoms with Crippen molar-refractivity contribution in [1.82, 2.24) is 4.57 Å². The van der Waals surface area contributed by atoms with Gasteiger partial charge in [0.05, 0.1) is 30.2 Å². The van der Waals surface area contributed by atoms with Crippen molar-refractivity contribution in [3.63, 3.8) is 0 Å². The van der Waals surface area contributed by atoms with Gasteiger partial charge in [-0.15, -0.1) is 0 Å². The molecule has 1 aromatic heterocycles. The van der Waals surface area contributed by atoms with E-state index in [0.717, 1.165) is 0 Å². The van der Waals surface area contributed by atoms with Crippen LogP contribution in [-0.4, -0.2) is 30.0 Å². The molecule has 0 aliphatic rings. The molecule has 35 heavy (non-hydrogen) atoms. The van der Waals surface area contributed by atoms with E-state index in [1.165, 1.54) is 13.3 Å². The quantitative estimate of drug-likeness (QED) is 0.354. The summed E-state index contributed by atoms with van der Waals surface area (Å²) in [6.07, 6.45) is 1.42. The molecule has 178 valence electrons. The molecule has 0 aliphatic carbocycles. The topological polar surface area (TPSA) is 86.6 Å². The van der Waals surface area contributed by atoms with Crippen LogP contribution in [0.1, 0.15) is 22.8 Å². The molecule has 0 saturated heterocycles. The first kappa shape index (κ1) is 24.0. The Kier molecular flexibility index (Phi) is 7.17. The van der Waals surface area contributed by atoms with E-state index in [0.29, 0.717) is 39.9 Å². The first-order chi connectivity index (χ1) is 16.9. The maximum atomic E-state index is 13.3. The molecule has 0 radical (unpaired) electrons. The normalized spacial score (nSPS) is 10.7. The third-order valence-corrected chi connectivity index (χ3v) is 5.65. The fourth-order valence-electron chi connectivity index (χ4n) is 3.71. The molecule has 1 heterocycles. The van der Waals surface area contributed by atoms with Gasteiger partial charge in [-0.05, 0) is 73.7 Å². The molecular formula is C27H23ClN2O5. The number of ketones is 1. The maximum Gasteiger partial charge on any atom is 0.244 e. The fraction of sp³-hybridized carbons (Fsp3) is 0.148. The highest BCUT2D eigenvalue weighted by Crippen LogP contribution is 2.21. The van der Waals surface area contributed by atoms with Crippen LogP contribution in [0.15, 0.2) is 77.7 Å². The van der Waals surface area contributed by atoms with Gasteiger partial charge in [0.1, 0.15) is 18.0 Å². The number of hydrogen-bond acceptors (Lipinski definition) is 5. The lowest BCUT2D eigenvalue weighted by atomic mass is 10.0. The molecule has 7 nitrogen and oxygen atoms in total. The minimum absolute atomic E-state index is 0.0538. The second-order valence-electron chi connectivity index (χ2n) is 7.72. The van der Waals surface area contributed by atoms with Crippen molar-refractivity contribution in [2.45, 2.75) is 13.5 Å². The summed E-state index contributed by atoms with van der Waals surface area (Å²) in [7, 11) is 1.49. The molecule has 8 heteroatoms. The lowest BCUT2D eigenvalue weighted by Crippen LogP contribution is -2.24. The number of amides is 1. The van der Waals surface area contributed by atoms with Crippen LogP contribution < -0.4 is 20.2 Å². The summed E-state index contributed by atoms with van der Waals surface area (Å²) in [5.74, 6) is 0.393. The van der Waals surface area contributed by atoms with Crippen LogP contribution in [0.2, 0.25) is 5.02 Å². The van der Waals surface area contributed by atoms with Crippen LogP contribution in [0.25, 0.3) is 10.9 Å². The zero-order valence-corrected chi connectivity index (χ0v) is 20.0. The number of halogens is 1. The van der Waals surface area contributed by atoms with Crippen LogP contribution in [0.5, 0.6) is 11.5 Å². The average molecular weight is 491 g/mol. The highest BCUT2D eigenvalue weighted by atomic mass is 35.5. The van der Waals surface area contributed by atoms with Gasteiger partial charge in [0, 0.05) is 22.5 Å². The summed E-state index contributed by atoms with van der Waals surface area (Å²) in [5, 5.41) is 3.59. The molecule has 0 unspecified atom stereocenters. The number of nitrogens with zero attached hydrogens (tertiary/aromatic N) is 1. The lowest BCUT2D eigenvalue weighted by molar-refractivity contribution is -0.116. The molecule has 4 aromatic rings. The van der Waals surface area contributed by atoms with Crippen molar-refractivity contribution in [1.29, 1.82) is 0 Å². The molecule has 0 fully saturated rings. The number of rotatable bonds is 8. The smallest absolute Gasteiger partial charge is 0.244 e. The molecule has 1 amide bonds. The van der Waals surface area contributed by atoms with Crippen LogP contribution in [0, 0.1) is 0 Å². The number of ether oxygens (including phenoxy) is 2. The second-order valence-corrected chi connectivity index (χ2v) is 8.16. The van der Waals surface area contributed by atoms with Crippen LogP contribution in [0.3, 0.4) is 0 Å². The van der Waals surface area contributed by atoms with Gasteiger partial charge in [-0.1, -0.05) is 11.6 Å². The van der Waals surface area contributed by atoms with Crippen LogP contribution in [0.4, 0.5) is 5.69 Å². The van der Waals surface area contributed by atoms with Crippen molar-refractivity contribution in [2.24, 2.45) is 0 Å². The first-order valence-electron chi connectivity index (χ1n) is 10.9. The van der Waals surface area contributed by atoms with Crippen molar-refractivity contribution >= 4 is 39.9 Å². The predicted octanol–water partition coefficient (Wildman–Crippen LogP) is 4.93. The summed E-state index contributed by atoms with van der Waals surface area (Å²) >= 11 is 5.94. The molecule has 1 N–H and O–H groups in total. The third kappa shape index (κ3) is 5.36. The zero-order chi connectivity index (χ0) is 24.9. The standard InChI is InChI=1S/C27H23ClN2O5/c1-3-35-20-10-8-19(9-11-20)29-25(31)16-30-15-23(26(32)17-4-6-18(28)7-5-17)27(33)22-14-21(34-2)12-13-24(22)30/h4-15H,3,16H2,1-2H3,(H,29,31). The van der Waals surface area contributed by atoms with Crippen LogP contribution in [-0.2, 0) is 11.3 Å². The summed E-state index contributed by atoms with van der Waals surface area (Å²) in [6.45, 7) is 2.33. The lowest BCUT2D eigenvalue weighted by Gasteiger charge is -2.14. The number of fused-ring (bicyclic) bond motifs is 1. The number of pyridine rings is 1. The summed E-state index contributed by atoms with van der Waals surface area (Å²) < 4.78 is 12.3. The Morgan fingerprint density at radius 3 is 2.31 bits per heavy atom. The number of hydrogen-bond donors (Lipinski definition) is 1. The van der Waals surface area contributed by atoms with Gasteiger partial charge in [0.15, 0.2) is 5.78 Å². The van der Waals surface area contributed by atoms with E-state index < -0.39 is 11.2 Å². The Bertz CT molecular complexity index is 1440. The molecule has 0 bridgehead atoms. The number of benzene rings is 3. The molecule has 0 atom stereocenters. The number of anilines is 1. The minimum atomic E-state index is -0.461. The Labute approximate surface area is 206 Å². The van der Waals surface area contributed by atoms with Gasteiger partial charge in [0.2, 0.25) is 11.3 Å². The van der Waals surface area contributed by atoms with E-state index in [2.05, 4.69) is 5.32 Å². The number of methoxy groups -OCH3 is 1. The highest BCUT2D eigenvalue weighted by Gasteiger charge is 2.19. The third-order valence-electron chi connectivity index (χ3n) is 5.40. The zero-order valence-electron chi connectivity index (χ0n) is 19.2. The van der Waals surface area contributed by atoms with Crippen molar-refractivity contribution < 1.29 is 19.1 Å². The highest BCUT2D eigenvalue weighted by molar-refractivity contribution is 6.30. The number of carbonyl (C=O) groups excluding carboxylic acids is 2. The van der Waals surface area contributed by atoms with Crippen molar-refractivity contribution in [3.05, 3.63) is 99.3 Å². The number of aromatic nitrogens is 1. The molecule has 0 aliphatic heterocycles. The Morgan fingerprint density at radius 1 is 0.971 bits per heavy atom. The van der Waals surface area contributed by atoms with Gasteiger partial charge < -0.3 is 19.4 Å². The Hall–Kier alpha value is -4.10. The van der Waals surface area contributed by atoms with Crippen LogP contribution >= 0.6 is 11.6 Å².